The molecule has 1 N–H and O–H groups in total. The normalized spacial score (nSPS) is 15.5. The van der Waals surface area contributed by atoms with Gasteiger partial charge in [-0.05, 0) is 43.0 Å². The van der Waals surface area contributed by atoms with Gasteiger partial charge in [-0.2, -0.15) is 5.26 Å². The second kappa shape index (κ2) is 8.16. The van der Waals surface area contributed by atoms with Crippen molar-refractivity contribution in [1.82, 2.24) is 4.90 Å². The van der Waals surface area contributed by atoms with E-state index in [-0.39, 0.29) is 11.5 Å². The van der Waals surface area contributed by atoms with Gasteiger partial charge in [0.2, 0.25) is 0 Å². The molecular formula is C18H21N3O3. The molecule has 2 rings (SSSR count). The lowest BCUT2D eigenvalue weighted by molar-refractivity contribution is -0.128. The summed E-state index contributed by atoms with van der Waals surface area (Å²) in [6, 6.07) is 8.55. The molecule has 0 aliphatic carbocycles. The van der Waals surface area contributed by atoms with Gasteiger partial charge in [0.05, 0.1) is 12.7 Å². The molecule has 0 radical (unpaired) electrons. The number of ether oxygens (including phenoxy) is 1. The maximum Gasteiger partial charge on any atom is 0.337 e. The molecule has 1 aromatic carbocycles. The number of amides is 1. The van der Waals surface area contributed by atoms with Crippen molar-refractivity contribution >= 4 is 17.6 Å². The Labute approximate surface area is 141 Å². The van der Waals surface area contributed by atoms with Crippen LogP contribution in [0.4, 0.5) is 5.69 Å². The van der Waals surface area contributed by atoms with Gasteiger partial charge in [-0.1, -0.05) is 6.92 Å². The molecule has 1 fully saturated rings. The number of rotatable bonds is 4. The average Bonchev–Trinajstić information content (AvgIpc) is 2.62. The predicted molar refractivity (Wildman–Crippen MR) is 90.1 cm³/mol. The summed E-state index contributed by atoms with van der Waals surface area (Å²) in [5.41, 5.74) is 1.18. The summed E-state index contributed by atoms with van der Waals surface area (Å²) in [5.74, 6) is -0.0394. The van der Waals surface area contributed by atoms with Crippen LogP contribution >= 0.6 is 0 Å². The third-order valence-corrected chi connectivity index (χ3v) is 4.11. The fourth-order valence-electron chi connectivity index (χ4n) is 2.50. The molecular weight excluding hydrogens is 306 g/mol. The Morgan fingerprint density at radius 1 is 1.29 bits per heavy atom. The maximum absolute atomic E-state index is 12.4. The molecule has 1 aliphatic heterocycles. The third kappa shape index (κ3) is 4.35. The Hall–Kier alpha value is -2.81. The van der Waals surface area contributed by atoms with E-state index in [4.69, 9.17) is 0 Å². The monoisotopic (exact) mass is 327 g/mol. The minimum absolute atomic E-state index is 0.0709. The van der Waals surface area contributed by atoms with Gasteiger partial charge < -0.3 is 15.0 Å². The van der Waals surface area contributed by atoms with Gasteiger partial charge in [-0.15, -0.1) is 0 Å². The third-order valence-electron chi connectivity index (χ3n) is 4.11. The van der Waals surface area contributed by atoms with E-state index in [1.54, 1.807) is 29.2 Å². The molecule has 1 saturated heterocycles. The molecule has 0 spiro atoms. The number of hydrogen-bond donors (Lipinski definition) is 1. The van der Waals surface area contributed by atoms with Gasteiger partial charge >= 0.3 is 5.97 Å². The van der Waals surface area contributed by atoms with Crippen LogP contribution < -0.4 is 5.32 Å². The maximum atomic E-state index is 12.4. The van der Waals surface area contributed by atoms with Gasteiger partial charge in [0.25, 0.3) is 5.91 Å². The molecule has 0 aromatic heterocycles. The van der Waals surface area contributed by atoms with Crippen molar-refractivity contribution in [3.8, 4) is 6.07 Å². The number of hydrogen-bond acceptors (Lipinski definition) is 5. The van der Waals surface area contributed by atoms with E-state index in [1.165, 1.54) is 13.3 Å². The van der Waals surface area contributed by atoms with Crippen molar-refractivity contribution in [1.29, 1.82) is 5.26 Å². The van der Waals surface area contributed by atoms with Gasteiger partial charge in [0.1, 0.15) is 11.6 Å². The summed E-state index contributed by atoms with van der Waals surface area (Å²) in [6.45, 7) is 3.54. The lowest BCUT2D eigenvalue weighted by Gasteiger charge is -2.30. The highest BCUT2D eigenvalue weighted by Gasteiger charge is 2.22. The molecule has 0 saturated carbocycles. The number of esters is 1. The second-order valence-corrected chi connectivity index (χ2v) is 5.86. The van der Waals surface area contributed by atoms with Crippen LogP contribution in [0.5, 0.6) is 0 Å². The van der Waals surface area contributed by atoms with E-state index in [0.29, 0.717) is 30.3 Å². The molecule has 1 amide bonds. The van der Waals surface area contributed by atoms with Crippen LogP contribution in [-0.4, -0.2) is 37.0 Å². The minimum atomic E-state index is -0.413. The summed E-state index contributed by atoms with van der Waals surface area (Å²) < 4.78 is 4.63. The highest BCUT2D eigenvalue weighted by atomic mass is 16.5. The highest BCUT2D eigenvalue weighted by Crippen LogP contribution is 2.18. The van der Waals surface area contributed by atoms with Crippen molar-refractivity contribution in [2.24, 2.45) is 5.92 Å². The first-order chi connectivity index (χ1) is 11.5. The van der Waals surface area contributed by atoms with Crippen LogP contribution in [-0.2, 0) is 9.53 Å². The number of benzene rings is 1. The summed E-state index contributed by atoms with van der Waals surface area (Å²) >= 11 is 0. The van der Waals surface area contributed by atoms with Crippen molar-refractivity contribution in [2.75, 3.05) is 25.5 Å². The van der Waals surface area contributed by atoms with Crippen LogP contribution in [0.15, 0.2) is 36.0 Å². The van der Waals surface area contributed by atoms with Crippen LogP contribution in [0.1, 0.15) is 30.1 Å². The molecule has 0 atom stereocenters. The van der Waals surface area contributed by atoms with Gasteiger partial charge in [0.15, 0.2) is 0 Å². The highest BCUT2D eigenvalue weighted by molar-refractivity contribution is 5.97. The number of nitrogens with one attached hydrogen (secondary N) is 1. The van der Waals surface area contributed by atoms with E-state index >= 15 is 0 Å². The molecule has 1 aromatic rings. The number of carbonyl (C=O) groups excluding carboxylic acids is 2. The van der Waals surface area contributed by atoms with Crippen LogP contribution in [0.3, 0.4) is 0 Å². The first-order valence-electron chi connectivity index (χ1n) is 7.89. The number of piperidine rings is 1. The zero-order valence-electron chi connectivity index (χ0n) is 13.9. The number of nitrogens with zero attached hydrogens (tertiary/aromatic N) is 2. The van der Waals surface area contributed by atoms with Crippen molar-refractivity contribution < 1.29 is 14.3 Å². The molecule has 0 unspecified atom stereocenters. The molecule has 126 valence electrons. The quantitative estimate of drug-likeness (QED) is 0.522. The Balaban J connectivity index is 2.01. The van der Waals surface area contributed by atoms with Crippen LogP contribution in [0.2, 0.25) is 0 Å². The number of methoxy groups -OCH3 is 1. The summed E-state index contributed by atoms with van der Waals surface area (Å²) in [6.07, 6.45) is 3.34. The molecule has 1 aliphatic rings. The number of carbonyl (C=O) groups is 2. The molecule has 24 heavy (non-hydrogen) atoms. The fourth-order valence-corrected chi connectivity index (χ4v) is 2.50. The van der Waals surface area contributed by atoms with Crippen LogP contribution in [0.25, 0.3) is 0 Å². The zero-order valence-corrected chi connectivity index (χ0v) is 13.9. The Kier molecular flexibility index (Phi) is 5.96. The Bertz CT molecular complexity index is 666. The smallest absolute Gasteiger partial charge is 0.337 e. The zero-order chi connectivity index (χ0) is 17.5. The first kappa shape index (κ1) is 17.5. The second-order valence-electron chi connectivity index (χ2n) is 5.86. The fraction of sp³-hybridized carbons (Fsp3) is 0.389. The number of likely N-dealkylation sites (tertiary alicyclic amines) is 1. The standard InChI is InChI=1S/C18H21N3O3/c1-13-7-9-21(10-8-13)17(22)15(11-19)12-20-16-5-3-14(4-6-16)18(23)24-2/h3-6,12-13,20H,7-10H2,1-2H3/b15-12-. The molecule has 1 heterocycles. The number of anilines is 1. The van der Waals surface area contributed by atoms with Gasteiger partial charge in [-0.25, -0.2) is 4.79 Å². The van der Waals surface area contributed by atoms with Gasteiger partial charge in [0, 0.05) is 25.0 Å². The van der Waals surface area contributed by atoms with Crippen molar-refractivity contribution in [3.63, 3.8) is 0 Å². The summed E-state index contributed by atoms with van der Waals surface area (Å²) in [7, 11) is 1.32. The first-order valence-corrected chi connectivity index (χ1v) is 7.89. The number of nitriles is 1. The summed E-state index contributed by atoms with van der Waals surface area (Å²) in [5, 5.41) is 12.2. The minimum Gasteiger partial charge on any atom is -0.465 e. The van der Waals surface area contributed by atoms with E-state index in [2.05, 4.69) is 17.0 Å². The van der Waals surface area contributed by atoms with Crippen molar-refractivity contribution in [2.45, 2.75) is 19.8 Å². The average molecular weight is 327 g/mol. The predicted octanol–water partition coefficient (Wildman–Crippen LogP) is 2.55. The van der Waals surface area contributed by atoms with E-state index in [1.807, 2.05) is 6.07 Å². The lowest BCUT2D eigenvalue weighted by atomic mass is 9.99. The Morgan fingerprint density at radius 3 is 2.46 bits per heavy atom. The molecule has 0 bridgehead atoms. The topological polar surface area (TPSA) is 82.4 Å². The Morgan fingerprint density at radius 2 is 1.92 bits per heavy atom. The summed E-state index contributed by atoms with van der Waals surface area (Å²) in [4.78, 5) is 25.5. The SMILES string of the molecule is COC(=O)c1ccc(N/C=C(/C#N)C(=O)N2CCC(C)CC2)cc1. The van der Waals surface area contributed by atoms with Gasteiger partial charge in [-0.3, -0.25) is 4.79 Å². The lowest BCUT2D eigenvalue weighted by Crippen LogP contribution is -2.38. The van der Waals surface area contributed by atoms with E-state index in [9.17, 15) is 14.9 Å². The van der Waals surface area contributed by atoms with E-state index in [0.717, 1.165) is 12.8 Å². The van der Waals surface area contributed by atoms with Crippen LogP contribution in [0, 0.1) is 17.2 Å². The molecule has 6 heteroatoms. The molecule has 6 nitrogen and oxygen atoms in total. The van der Waals surface area contributed by atoms with Crippen molar-refractivity contribution in [3.05, 3.63) is 41.6 Å². The van der Waals surface area contributed by atoms with E-state index < -0.39 is 5.97 Å². The largest absolute Gasteiger partial charge is 0.465 e.